The van der Waals surface area contributed by atoms with Crippen LogP contribution in [-0.2, 0) is 9.53 Å². The van der Waals surface area contributed by atoms with E-state index in [-0.39, 0.29) is 29.5 Å². The van der Waals surface area contributed by atoms with Gasteiger partial charge >= 0.3 is 0 Å². The SMILES string of the molecule is CC(C)(C)CC(=O)NC1C(N)C2CCCOC21. The monoisotopic (exact) mass is 240 g/mol. The second-order valence-corrected chi connectivity index (χ2v) is 6.55. The molecule has 1 saturated heterocycles. The Morgan fingerprint density at radius 3 is 2.82 bits per heavy atom. The maximum atomic E-state index is 11.9. The summed E-state index contributed by atoms with van der Waals surface area (Å²) < 4.78 is 5.70. The van der Waals surface area contributed by atoms with E-state index in [9.17, 15) is 4.79 Å². The lowest BCUT2D eigenvalue weighted by molar-refractivity contribution is -0.140. The van der Waals surface area contributed by atoms with E-state index >= 15 is 0 Å². The molecule has 1 aliphatic carbocycles. The highest BCUT2D eigenvalue weighted by atomic mass is 16.5. The zero-order chi connectivity index (χ0) is 12.6. The van der Waals surface area contributed by atoms with Gasteiger partial charge in [0.05, 0.1) is 12.1 Å². The van der Waals surface area contributed by atoms with Crippen LogP contribution in [0.25, 0.3) is 0 Å². The van der Waals surface area contributed by atoms with E-state index in [1.165, 1.54) is 0 Å². The van der Waals surface area contributed by atoms with Gasteiger partial charge in [0.1, 0.15) is 0 Å². The molecule has 1 amide bonds. The molecular formula is C13H24N2O2. The Kier molecular flexibility index (Phi) is 3.46. The molecule has 0 radical (unpaired) electrons. The van der Waals surface area contributed by atoms with E-state index in [4.69, 9.17) is 10.5 Å². The lowest BCUT2D eigenvalue weighted by Crippen LogP contribution is -2.72. The summed E-state index contributed by atoms with van der Waals surface area (Å²) in [6.07, 6.45) is 2.92. The zero-order valence-electron chi connectivity index (χ0n) is 11.0. The third-order valence-electron chi connectivity index (χ3n) is 3.70. The van der Waals surface area contributed by atoms with Crippen molar-refractivity contribution in [3.05, 3.63) is 0 Å². The number of hydrogen-bond acceptors (Lipinski definition) is 3. The molecular weight excluding hydrogens is 216 g/mol. The maximum absolute atomic E-state index is 11.9. The molecule has 2 aliphatic rings. The van der Waals surface area contributed by atoms with Crippen LogP contribution in [0.15, 0.2) is 0 Å². The molecule has 0 bridgehead atoms. The highest BCUT2D eigenvalue weighted by Gasteiger charge is 2.51. The molecule has 2 rings (SSSR count). The maximum Gasteiger partial charge on any atom is 0.220 e. The lowest BCUT2D eigenvalue weighted by Gasteiger charge is -2.52. The number of nitrogens with two attached hydrogens (primary N) is 1. The first-order valence-corrected chi connectivity index (χ1v) is 6.55. The van der Waals surface area contributed by atoms with Crippen molar-refractivity contribution < 1.29 is 9.53 Å². The smallest absolute Gasteiger partial charge is 0.220 e. The van der Waals surface area contributed by atoms with Crippen molar-refractivity contribution in [3.8, 4) is 0 Å². The van der Waals surface area contributed by atoms with Crippen LogP contribution < -0.4 is 11.1 Å². The van der Waals surface area contributed by atoms with Crippen molar-refractivity contribution in [2.45, 2.75) is 58.2 Å². The van der Waals surface area contributed by atoms with Crippen molar-refractivity contribution in [1.29, 1.82) is 0 Å². The van der Waals surface area contributed by atoms with Gasteiger partial charge < -0.3 is 15.8 Å². The Labute approximate surface area is 103 Å². The predicted octanol–water partition coefficient (Wildman–Crippen LogP) is 1.04. The van der Waals surface area contributed by atoms with Crippen LogP contribution in [0.1, 0.15) is 40.0 Å². The molecule has 0 aromatic rings. The van der Waals surface area contributed by atoms with Crippen LogP contribution >= 0.6 is 0 Å². The summed E-state index contributed by atoms with van der Waals surface area (Å²) >= 11 is 0. The zero-order valence-corrected chi connectivity index (χ0v) is 11.0. The minimum Gasteiger partial charge on any atom is -0.376 e. The molecule has 0 spiro atoms. The molecule has 1 saturated carbocycles. The van der Waals surface area contributed by atoms with E-state index < -0.39 is 0 Å². The molecule has 4 unspecified atom stereocenters. The first kappa shape index (κ1) is 12.8. The minimum absolute atomic E-state index is 0.0186. The topological polar surface area (TPSA) is 64.4 Å². The number of carbonyl (C=O) groups is 1. The lowest BCUT2D eigenvalue weighted by atomic mass is 9.68. The number of ether oxygens (including phenoxy) is 1. The fraction of sp³-hybridized carbons (Fsp3) is 0.923. The Morgan fingerprint density at radius 2 is 2.18 bits per heavy atom. The first-order chi connectivity index (χ1) is 7.88. The molecule has 4 atom stereocenters. The van der Waals surface area contributed by atoms with Crippen LogP contribution in [0.5, 0.6) is 0 Å². The van der Waals surface area contributed by atoms with Gasteiger partial charge in [-0.3, -0.25) is 4.79 Å². The molecule has 1 heterocycles. The fourth-order valence-electron chi connectivity index (χ4n) is 2.84. The third-order valence-corrected chi connectivity index (χ3v) is 3.70. The number of amides is 1. The van der Waals surface area contributed by atoms with Gasteiger partial charge in [-0.1, -0.05) is 20.8 Å². The van der Waals surface area contributed by atoms with Crippen molar-refractivity contribution in [3.63, 3.8) is 0 Å². The molecule has 1 aliphatic heterocycles. The second kappa shape index (κ2) is 4.58. The molecule has 17 heavy (non-hydrogen) atoms. The Bertz CT molecular complexity index is 298. The average Bonchev–Trinajstić information content (AvgIpc) is 2.23. The van der Waals surface area contributed by atoms with Gasteiger partial charge in [-0.15, -0.1) is 0 Å². The average molecular weight is 240 g/mol. The van der Waals surface area contributed by atoms with Crippen molar-refractivity contribution in [1.82, 2.24) is 5.32 Å². The highest BCUT2D eigenvalue weighted by Crippen LogP contribution is 2.37. The Balaban J connectivity index is 1.85. The van der Waals surface area contributed by atoms with E-state index in [1.54, 1.807) is 0 Å². The number of nitrogens with one attached hydrogen (secondary N) is 1. The molecule has 4 nitrogen and oxygen atoms in total. The highest BCUT2D eigenvalue weighted by molar-refractivity contribution is 5.77. The van der Waals surface area contributed by atoms with Gasteiger partial charge in [-0.2, -0.15) is 0 Å². The quantitative estimate of drug-likeness (QED) is 0.758. The van der Waals surface area contributed by atoms with Gasteiger partial charge in [0.25, 0.3) is 0 Å². The number of rotatable bonds is 2. The molecule has 98 valence electrons. The Hall–Kier alpha value is -0.610. The van der Waals surface area contributed by atoms with E-state index in [0.29, 0.717) is 12.3 Å². The van der Waals surface area contributed by atoms with E-state index in [0.717, 1.165) is 19.4 Å². The van der Waals surface area contributed by atoms with Crippen LogP contribution in [0.3, 0.4) is 0 Å². The standard InChI is InChI=1S/C13H24N2O2/c1-13(2,3)7-9(16)15-11-10(14)8-5-4-6-17-12(8)11/h8,10-12H,4-7,14H2,1-3H3,(H,15,16). The van der Waals surface area contributed by atoms with Gasteiger partial charge in [-0.05, 0) is 18.3 Å². The number of carbonyl (C=O) groups excluding carboxylic acids is 1. The van der Waals surface area contributed by atoms with Gasteiger partial charge in [0.15, 0.2) is 0 Å². The molecule has 2 fully saturated rings. The summed E-state index contributed by atoms with van der Waals surface area (Å²) in [4.78, 5) is 11.9. The Morgan fingerprint density at radius 1 is 1.47 bits per heavy atom. The van der Waals surface area contributed by atoms with Crippen molar-refractivity contribution >= 4 is 5.91 Å². The predicted molar refractivity (Wildman–Crippen MR) is 66.4 cm³/mol. The normalized spacial score (nSPS) is 36.9. The fourth-order valence-corrected chi connectivity index (χ4v) is 2.84. The van der Waals surface area contributed by atoms with Crippen LogP contribution in [-0.4, -0.2) is 30.7 Å². The largest absolute Gasteiger partial charge is 0.376 e. The summed E-state index contributed by atoms with van der Waals surface area (Å²) in [6, 6.07) is 0.0966. The number of hydrogen-bond donors (Lipinski definition) is 2. The summed E-state index contributed by atoms with van der Waals surface area (Å²) in [6.45, 7) is 6.99. The van der Waals surface area contributed by atoms with Crippen molar-refractivity contribution in [2.75, 3.05) is 6.61 Å². The van der Waals surface area contributed by atoms with Crippen LogP contribution in [0.2, 0.25) is 0 Å². The third kappa shape index (κ3) is 2.80. The number of fused-ring (bicyclic) bond motifs is 1. The summed E-state index contributed by atoms with van der Waals surface area (Å²) in [5, 5.41) is 3.03. The van der Waals surface area contributed by atoms with Gasteiger partial charge in [0, 0.05) is 25.0 Å². The molecule has 4 heteroatoms. The summed E-state index contributed by atoms with van der Waals surface area (Å²) in [7, 11) is 0. The van der Waals surface area contributed by atoms with Gasteiger partial charge in [-0.25, -0.2) is 0 Å². The van der Waals surface area contributed by atoms with Gasteiger partial charge in [0.2, 0.25) is 5.91 Å². The molecule has 3 N–H and O–H groups in total. The van der Waals surface area contributed by atoms with Crippen molar-refractivity contribution in [2.24, 2.45) is 17.1 Å². The van der Waals surface area contributed by atoms with E-state index in [1.807, 2.05) is 0 Å². The minimum atomic E-state index is 0.0186. The second-order valence-electron chi connectivity index (χ2n) is 6.55. The van der Waals surface area contributed by atoms with E-state index in [2.05, 4.69) is 26.1 Å². The molecule has 0 aromatic carbocycles. The van der Waals surface area contributed by atoms with Crippen LogP contribution in [0.4, 0.5) is 0 Å². The molecule has 0 aromatic heterocycles. The summed E-state index contributed by atoms with van der Waals surface area (Å²) in [5.74, 6) is 0.536. The first-order valence-electron chi connectivity index (χ1n) is 6.55. The summed E-state index contributed by atoms with van der Waals surface area (Å²) in [5.41, 5.74) is 6.11. The van der Waals surface area contributed by atoms with Crippen LogP contribution in [0, 0.1) is 11.3 Å².